The summed E-state index contributed by atoms with van der Waals surface area (Å²) in [5, 5.41) is 0. The van der Waals surface area contributed by atoms with E-state index in [0.29, 0.717) is 10.2 Å². The summed E-state index contributed by atoms with van der Waals surface area (Å²) < 4.78 is 0. The van der Waals surface area contributed by atoms with Crippen LogP contribution in [0.1, 0.15) is 52.9 Å². The van der Waals surface area contributed by atoms with Crippen molar-refractivity contribution >= 4 is 15.9 Å². The van der Waals surface area contributed by atoms with Crippen molar-refractivity contribution in [2.24, 2.45) is 5.41 Å². The van der Waals surface area contributed by atoms with Gasteiger partial charge in [-0.25, -0.2) is 0 Å². The van der Waals surface area contributed by atoms with Crippen molar-refractivity contribution in [1.29, 1.82) is 0 Å². The third-order valence-electron chi connectivity index (χ3n) is 2.31. The normalized spacial score (nSPS) is 14.2. The zero-order chi connectivity index (χ0) is 10.3. The highest BCUT2D eigenvalue weighted by Gasteiger charge is 2.20. The summed E-state index contributed by atoms with van der Waals surface area (Å²) >= 11 is 3.75. The van der Waals surface area contributed by atoms with Gasteiger partial charge in [-0.2, -0.15) is 0 Å². The first-order valence-corrected chi connectivity index (χ1v) is 6.15. The minimum Gasteiger partial charge on any atom is -0.103 e. The molecule has 0 aliphatic heterocycles. The largest absolute Gasteiger partial charge is 0.103 e. The second-order valence-corrected chi connectivity index (χ2v) is 5.87. The maximum absolute atomic E-state index is 3.75. The highest BCUT2D eigenvalue weighted by molar-refractivity contribution is 9.09. The molecule has 0 N–H and O–H groups in total. The minimum atomic E-state index is 0.401. The Balaban J connectivity index is 3.37. The minimum absolute atomic E-state index is 0.401. The van der Waals surface area contributed by atoms with Crippen molar-refractivity contribution in [3.05, 3.63) is 12.7 Å². The zero-order valence-electron chi connectivity index (χ0n) is 9.28. The van der Waals surface area contributed by atoms with E-state index in [9.17, 15) is 0 Å². The molecule has 78 valence electrons. The van der Waals surface area contributed by atoms with E-state index in [1.807, 2.05) is 6.08 Å². The van der Waals surface area contributed by atoms with Crippen molar-refractivity contribution < 1.29 is 0 Å². The van der Waals surface area contributed by atoms with Gasteiger partial charge in [-0.3, -0.25) is 0 Å². The topological polar surface area (TPSA) is 0 Å². The van der Waals surface area contributed by atoms with Gasteiger partial charge in [0.05, 0.1) is 0 Å². The summed E-state index contributed by atoms with van der Waals surface area (Å²) in [5.41, 5.74) is 0.401. The summed E-state index contributed by atoms with van der Waals surface area (Å²) in [6.45, 7) is 10.6. The number of hydrogen-bond acceptors (Lipinski definition) is 0. The summed E-state index contributed by atoms with van der Waals surface area (Å²) in [6, 6.07) is 0. The van der Waals surface area contributed by atoms with Gasteiger partial charge in [0, 0.05) is 4.83 Å². The highest BCUT2D eigenvalue weighted by atomic mass is 79.9. The van der Waals surface area contributed by atoms with E-state index in [1.54, 1.807) is 0 Å². The number of hydrogen-bond donors (Lipinski definition) is 0. The summed E-state index contributed by atoms with van der Waals surface area (Å²) in [4.78, 5) is 0.656. The molecule has 0 amide bonds. The molecule has 0 aromatic rings. The molecule has 13 heavy (non-hydrogen) atoms. The van der Waals surface area contributed by atoms with Crippen LogP contribution in [0.4, 0.5) is 0 Å². The van der Waals surface area contributed by atoms with Crippen molar-refractivity contribution in [3.8, 4) is 0 Å². The number of alkyl halides is 1. The second kappa shape index (κ2) is 6.64. The van der Waals surface area contributed by atoms with Crippen LogP contribution in [0.3, 0.4) is 0 Å². The number of allylic oxidation sites excluding steroid dienone is 1. The summed E-state index contributed by atoms with van der Waals surface area (Å²) in [5.74, 6) is 0. The van der Waals surface area contributed by atoms with E-state index in [2.05, 4.69) is 43.3 Å². The Morgan fingerprint density at radius 3 is 2.31 bits per heavy atom. The van der Waals surface area contributed by atoms with Gasteiger partial charge in [0.25, 0.3) is 0 Å². The molecule has 0 aliphatic carbocycles. The Morgan fingerprint density at radius 1 is 1.23 bits per heavy atom. The van der Waals surface area contributed by atoms with Crippen molar-refractivity contribution in [3.63, 3.8) is 0 Å². The Labute approximate surface area is 91.9 Å². The Hall–Kier alpha value is 0.220. The summed E-state index contributed by atoms with van der Waals surface area (Å²) in [6.07, 6.45) is 8.44. The number of halogens is 1. The van der Waals surface area contributed by atoms with Crippen molar-refractivity contribution in [2.75, 3.05) is 0 Å². The average Bonchev–Trinajstić information content (AvgIpc) is 2.02. The highest BCUT2D eigenvalue weighted by Crippen LogP contribution is 2.30. The van der Waals surface area contributed by atoms with Crippen LogP contribution in [-0.4, -0.2) is 4.83 Å². The van der Waals surface area contributed by atoms with Crippen molar-refractivity contribution in [2.45, 2.75) is 57.7 Å². The van der Waals surface area contributed by atoms with Crippen LogP contribution >= 0.6 is 15.9 Å². The van der Waals surface area contributed by atoms with Crippen LogP contribution in [0.2, 0.25) is 0 Å². The Kier molecular flexibility index (Phi) is 6.75. The predicted molar refractivity (Wildman–Crippen MR) is 65.5 cm³/mol. The first kappa shape index (κ1) is 13.2. The van der Waals surface area contributed by atoms with Gasteiger partial charge >= 0.3 is 0 Å². The fraction of sp³-hybridized carbons (Fsp3) is 0.833. The van der Waals surface area contributed by atoms with Crippen LogP contribution in [0.5, 0.6) is 0 Å². The van der Waals surface area contributed by atoms with Gasteiger partial charge in [-0.15, -0.1) is 6.58 Å². The fourth-order valence-corrected chi connectivity index (χ4v) is 1.55. The molecule has 0 fully saturated rings. The molecule has 0 saturated heterocycles. The van der Waals surface area contributed by atoms with E-state index in [4.69, 9.17) is 0 Å². The SMILES string of the molecule is C=CCCCCCC(Br)C(C)(C)C. The molecule has 0 spiro atoms. The molecule has 1 atom stereocenters. The van der Waals surface area contributed by atoms with E-state index in [1.165, 1.54) is 32.1 Å². The number of rotatable bonds is 6. The van der Waals surface area contributed by atoms with Crippen molar-refractivity contribution in [1.82, 2.24) is 0 Å². The van der Waals surface area contributed by atoms with E-state index >= 15 is 0 Å². The molecule has 0 bridgehead atoms. The molecular weight excluding hydrogens is 224 g/mol. The van der Waals surface area contributed by atoms with Crippen LogP contribution in [0.25, 0.3) is 0 Å². The zero-order valence-corrected chi connectivity index (χ0v) is 10.9. The number of unbranched alkanes of at least 4 members (excludes halogenated alkanes) is 3. The van der Waals surface area contributed by atoms with E-state index in [-0.39, 0.29) is 0 Å². The lowest BCUT2D eigenvalue weighted by atomic mass is 9.89. The van der Waals surface area contributed by atoms with Gasteiger partial charge in [0.15, 0.2) is 0 Å². The molecule has 0 aliphatic rings. The van der Waals surface area contributed by atoms with Gasteiger partial charge in [-0.05, 0) is 24.7 Å². The standard InChI is InChI=1S/C12H23Br/c1-5-6-7-8-9-10-11(13)12(2,3)4/h5,11H,1,6-10H2,2-4H3. The molecule has 0 nitrogen and oxygen atoms in total. The maximum atomic E-state index is 3.75. The lowest BCUT2D eigenvalue weighted by Crippen LogP contribution is -2.19. The lowest BCUT2D eigenvalue weighted by Gasteiger charge is -2.25. The first-order chi connectivity index (χ1) is 5.98. The van der Waals surface area contributed by atoms with E-state index < -0.39 is 0 Å². The Bertz CT molecular complexity index is 133. The monoisotopic (exact) mass is 246 g/mol. The van der Waals surface area contributed by atoms with Crippen LogP contribution in [0, 0.1) is 5.41 Å². The van der Waals surface area contributed by atoms with Gasteiger partial charge in [-0.1, -0.05) is 55.6 Å². The molecule has 0 aromatic carbocycles. The van der Waals surface area contributed by atoms with E-state index in [0.717, 1.165) is 0 Å². The molecule has 1 unspecified atom stereocenters. The van der Waals surface area contributed by atoms with Crippen LogP contribution in [0.15, 0.2) is 12.7 Å². The average molecular weight is 247 g/mol. The third-order valence-corrected chi connectivity index (χ3v) is 4.14. The summed E-state index contributed by atoms with van der Waals surface area (Å²) in [7, 11) is 0. The van der Waals surface area contributed by atoms with Crippen LogP contribution in [-0.2, 0) is 0 Å². The maximum Gasteiger partial charge on any atom is 0.0194 e. The molecule has 0 heterocycles. The van der Waals surface area contributed by atoms with Crippen LogP contribution < -0.4 is 0 Å². The first-order valence-electron chi connectivity index (χ1n) is 5.23. The molecule has 0 radical (unpaired) electrons. The smallest absolute Gasteiger partial charge is 0.0194 e. The third kappa shape index (κ3) is 7.30. The van der Waals surface area contributed by atoms with Gasteiger partial charge in [0.1, 0.15) is 0 Å². The second-order valence-electron chi connectivity index (χ2n) is 4.76. The molecule has 0 rings (SSSR count). The fourth-order valence-electron chi connectivity index (χ4n) is 1.22. The molecule has 0 saturated carbocycles. The lowest BCUT2D eigenvalue weighted by molar-refractivity contribution is 0.377. The molecule has 1 heteroatoms. The van der Waals surface area contributed by atoms with Gasteiger partial charge < -0.3 is 0 Å². The molecular formula is C12H23Br. The van der Waals surface area contributed by atoms with Gasteiger partial charge in [0.2, 0.25) is 0 Å². The quantitative estimate of drug-likeness (QED) is 0.354. The predicted octanol–water partition coefficient (Wildman–Crippen LogP) is 4.93. The molecule has 0 aromatic heterocycles. The Morgan fingerprint density at radius 2 is 1.85 bits per heavy atom.